The maximum absolute atomic E-state index is 11.0. The van der Waals surface area contributed by atoms with E-state index in [1.54, 1.807) is 6.20 Å². The molecule has 0 atom stereocenters. The minimum Gasteiger partial charge on any atom is -0.379 e. The van der Waals surface area contributed by atoms with Crippen LogP contribution in [-0.2, 0) is 16.7 Å². The van der Waals surface area contributed by atoms with Crippen molar-refractivity contribution < 1.29 is 13.0 Å². The molecule has 0 saturated heterocycles. The summed E-state index contributed by atoms with van der Waals surface area (Å²) in [7, 11) is -4.25. The van der Waals surface area contributed by atoms with E-state index in [-0.39, 0.29) is 4.90 Å². The van der Waals surface area contributed by atoms with Gasteiger partial charge in [0.05, 0.1) is 22.2 Å². The van der Waals surface area contributed by atoms with Crippen molar-refractivity contribution in [2.45, 2.75) is 11.4 Å². The maximum atomic E-state index is 11.0. The van der Waals surface area contributed by atoms with E-state index in [4.69, 9.17) is 27.8 Å². The number of anilines is 1. The Hall–Kier alpha value is -0.860. The molecule has 2 rings (SSSR count). The summed E-state index contributed by atoms with van der Waals surface area (Å²) < 4.78 is 31.5. The van der Waals surface area contributed by atoms with Gasteiger partial charge in [0, 0.05) is 11.1 Å². The van der Waals surface area contributed by atoms with Crippen molar-refractivity contribution in [3.05, 3.63) is 38.8 Å². The molecule has 2 aromatic rings. The van der Waals surface area contributed by atoms with Crippen LogP contribution in [0.2, 0.25) is 9.49 Å². The summed E-state index contributed by atoms with van der Waals surface area (Å²) in [6.45, 7) is 0.402. The van der Waals surface area contributed by atoms with Gasteiger partial charge < -0.3 is 5.32 Å². The van der Waals surface area contributed by atoms with Crippen LogP contribution in [0, 0.1) is 0 Å². The molecule has 0 radical (unpaired) electrons. The Kier molecular flexibility index (Phi) is 4.32. The summed E-state index contributed by atoms with van der Waals surface area (Å²) in [5, 5.41) is 3.31. The highest BCUT2D eigenvalue weighted by molar-refractivity contribution is 7.85. The maximum Gasteiger partial charge on any atom is 0.294 e. The molecule has 0 spiro atoms. The quantitative estimate of drug-likeness (QED) is 0.836. The first-order valence-electron chi connectivity index (χ1n) is 4.97. The summed E-state index contributed by atoms with van der Waals surface area (Å²) in [5.74, 6) is 0. The topological polar surface area (TPSA) is 79.3 Å². The van der Waals surface area contributed by atoms with Gasteiger partial charge in [-0.15, -0.1) is 11.3 Å². The number of benzene rings is 1. The van der Waals surface area contributed by atoms with Crippen LogP contribution >= 0.6 is 34.5 Å². The first-order valence-corrected chi connectivity index (χ1v) is 7.98. The minimum absolute atomic E-state index is 0.221. The molecule has 0 bridgehead atoms. The van der Waals surface area contributed by atoms with E-state index in [1.165, 1.54) is 29.5 Å². The van der Waals surface area contributed by atoms with Crippen molar-refractivity contribution in [3.63, 3.8) is 0 Å². The molecule has 1 heterocycles. The van der Waals surface area contributed by atoms with Gasteiger partial charge in [0.25, 0.3) is 10.1 Å². The second kappa shape index (κ2) is 5.64. The highest BCUT2D eigenvalue weighted by atomic mass is 35.5. The molecule has 5 nitrogen and oxygen atoms in total. The molecule has 1 aromatic carbocycles. The summed E-state index contributed by atoms with van der Waals surface area (Å²) in [4.78, 5) is 4.54. The molecule has 2 N–H and O–H groups in total. The largest absolute Gasteiger partial charge is 0.379 e. The zero-order valence-corrected chi connectivity index (χ0v) is 12.4. The zero-order chi connectivity index (χ0) is 14.0. The van der Waals surface area contributed by atoms with Gasteiger partial charge in [-0.3, -0.25) is 4.55 Å². The first-order chi connectivity index (χ1) is 8.86. The van der Waals surface area contributed by atoms with Gasteiger partial charge in [-0.2, -0.15) is 8.42 Å². The van der Waals surface area contributed by atoms with Crippen molar-refractivity contribution in [2.75, 3.05) is 5.32 Å². The van der Waals surface area contributed by atoms with Gasteiger partial charge >= 0.3 is 0 Å². The zero-order valence-electron chi connectivity index (χ0n) is 9.30. The number of hydrogen-bond donors (Lipinski definition) is 2. The fourth-order valence-electron chi connectivity index (χ4n) is 1.35. The Bertz CT molecular complexity index is 701. The number of halogens is 2. The highest BCUT2D eigenvalue weighted by Crippen LogP contribution is 2.26. The summed E-state index contributed by atoms with van der Waals surface area (Å²) in [5.41, 5.74) is 0.404. The van der Waals surface area contributed by atoms with Gasteiger partial charge in [0.2, 0.25) is 0 Å². The molecule has 0 fully saturated rings. The second-order valence-corrected chi connectivity index (χ2v) is 7.08. The Morgan fingerprint density at radius 2 is 2.11 bits per heavy atom. The van der Waals surface area contributed by atoms with Gasteiger partial charge in [-0.1, -0.05) is 23.2 Å². The Balaban J connectivity index is 2.20. The van der Waals surface area contributed by atoms with Crippen molar-refractivity contribution in [1.29, 1.82) is 0 Å². The highest BCUT2D eigenvalue weighted by Gasteiger charge is 2.12. The van der Waals surface area contributed by atoms with Crippen LogP contribution in [0.3, 0.4) is 0 Å². The molecule has 0 aliphatic rings. The molecule has 0 aliphatic carbocycles. The number of nitrogens with one attached hydrogen (secondary N) is 1. The first kappa shape index (κ1) is 14.5. The second-order valence-electron chi connectivity index (χ2n) is 3.55. The number of hydrogen-bond acceptors (Lipinski definition) is 5. The molecule has 0 saturated carbocycles. The van der Waals surface area contributed by atoms with E-state index in [0.29, 0.717) is 21.7 Å². The third-order valence-corrected chi connectivity index (χ3v) is 4.51. The number of rotatable bonds is 4. The van der Waals surface area contributed by atoms with Crippen LogP contribution in [0.25, 0.3) is 0 Å². The van der Waals surface area contributed by atoms with E-state index in [1.807, 2.05) is 0 Å². The lowest BCUT2D eigenvalue weighted by Crippen LogP contribution is -2.02. The van der Waals surface area contributed by atoms with Gasteiger partial charge in [-0.25, -0.2) is 4.98 Å². The van der Waals surface area contributed by atoms with E-state index in [2.05, 4.69) is 10.3 Å². The fourth-order valence-corrected chi connectivity index (χ4v) is 2.96. The molecular formula is C10H8Cl2N2O3S2. The summed E-state index contributed by atoms with van der Waals surface area (Å²) >= 11 is 12.9. The van der Waals surface area contributed by atoms with Crippen molar-refractivity contribution in [1.82, 2.24) is 4.98 Å². The molecule has 0 unspecified atom stereocenters. The normalized spacial score (nSPS) is 11.5. The summed E-state index contributed by atoms with van der Waals surface area (Å²) in [6.07, 6.45) is 1.61. The predicted octanol–water partition coefficient (Wildman–Crippen LogP) is 3.31. The molecule has 9 heteroatoms. The fraction of sp³-hybridized carbons (Fsp3) is 0.100. The van der Waals surface area contributed by atoms with E-state index in [9.17, 15) is 8.42 Å². The lowest BCUT2D eigenvalue weighted by atomic mass is 10.3. The van der Waals surface area contributed by atoms with Gasteiger partial charge in [-0.05, 0) is 18.2 Å². The number of aromatic nitrogens is 1. The molecule has 102 valence electrons. The molecule has 0 amide bonds. The Labute approximate surface area is 123 Å². The van der Waals surface area contributed by atoms with Crippen LogP contribution in [0.4, 0.5) is 5.69 Å². The molecule has 1 aromatic heterocycles. The third-order valence-electron chi connectivity index (χ3n) is 2.21. The molecular weight excluding hydrogens is 331 g/mol. The standard InChI is InChI=1S/C10H8Cl2N2O3S2/c11-8-2-1-7(19(15,16)17)3-9(8)13-4-6-5-14-10(12)18-6/h1-3,5,13H,4H2,(H,15,16,17). The number of nitrogens with zero attached hydrogens (tertiary/aromatic N) is 1. The van der Waals surface area contributed by atoms with Crippen LogP contribution in [0.15, 0.2) is 29.3 Å². The van der Waals surface area contributed by atoms with Crippen molar-refractivity contribution in [2.24, 2.45) is 0 Å². The monoisotopic (exact) mass is 338 g/mol. The van der Waals surface area contributed by atoms with Crippen LogP contribution in [-0.4, -0.2) is 18.0 Å². The third kappa shape index (κ3) is 3.80. The van der Waals surface area contributed by atoms with Gasteiger partial charge in [0.1, 0.15) is 0 Å². The smallest absolute Gasteiger partial charge is 0.294 e. The van der Waals surface area contributed by atoms with Crippen molar-refractivity contribution in [3.8, 4) is 0 Å². The lowest BCUT2D eigenvalue weighted by molar-refractivity contribution is 0.483. The van der Waals surface area contributed by atoms with Crippen LogP contribution in [0.1, 0.15) is 4.88 Å². The lowest BCUT2D eigenvalue weighted by Gasteiger charge is -2.08. The SMILES string of the molecule is O=S(=O)(O)c1ccc(Cl)c(NCc2cnc(Cl)s2)c1. The van der Waals surface area contributed by atoms with E-state index >= 15 is 0 Å². The van der Waals surface area contributed by atoms with Gasteiger partial charge in [0.15, 0.2) is 4.47 Å². The Morgan fingerprint density at radius 1 is 1.37 bits per heavy atom. The van der Waals surface area contributed by atoms with Crippen LogP contribution < -0.4 is 5.32 Å². The number of thiazole rings is 1. The minimum atomic E-state index is -4.25. The summed E-state index contributed by atoms with van der Waals surface area (Å²) in [6, 6.07) is 3.89. The van der Waals surface area contributed by atoms with E-state index < -0.39 is 10.1 Å². The average molecular weight is 339 g/mol. The van der Waals surface area contributed by atoms with Crippen molar-refractivity contribution >= 4 is 50.3 Å². The van der Waals surface area contributed by atoms with E-state index in [0.717, 1.165) is 4.88 Å². The molecule has 0 aliphatic heterocycles. The van der Waals surface area contributed by atoms with Crippen LogP contribution in [0.5, 0.6) is 0 Å². The molecule has 19 heavy (non-hydrogen) atoms. The predicted molar refractivity (Wildman–Crippen MR) is 75.7 cm³/mol. The Morgan fingerprint density at radius 3 is 2.68 bits per heavy atom. The average Bonchev–Trinajstić information content (AvgIpc) is 2.72.